The molecule has 0 aliphatic carbocycles. The molecule has 2 aromatic heterocycles. The van der Waals surface area contributed by atoms with Crippen LogP contribution in [0, 0.1) is 13.8 Å². The Morgan fingerprint density at radius 1 is 0.914 bits per heavy atom. The molecule has 2 aromatic carbocycles. The van der Waals surface area contributed by atoms with Crippen molar-refractivity contribution in [1.29, 1.82) is 0 Å². The highest BCUT2D eigenvalue weighted by Crippen LogP contribution is 2.17. The van der Waals surface area contributed by atoms with Crippen LogP contribution >= 0.6 is 0 Å². The third-order valence-corrected chi connectivity index (χ3v) is 5.99. The van der Waals surface area contributed by atoms with E-state index in [0.29, 0.717) is 28.1 Å². The normalized spacial score (nSPS) is 11.1. The van der Waals surface area contributed by atoms with Gasteiger partial charge in [0, 0.05) is 17.1 Å². The minimum atomic E-state index is -3.93. The van der Waals surface area contributed by atoms with E-state index in [4.69, 9.17) is 4.74 Å². The van der Waals surface area contributed by atoms with E-state index >= 15 is 0 Å². The zero-order valence-corrected chi connectivity index (χ0v) is 19.5. The standard InChI is InChI=1S/C23H20N6O5S/c1-14-11-15(2)26-23(25-14)29-35(32,33)17-9-7-16(8-10-17)27-21(30)13-34-22(31)20-12-24-18-5-3-4-6-19(18)28-20/h3-12H,13H2,1-2H3,(H,27,30)(H,25,26,29). The second kappa shape index (κ2) is 9.81. The first-order valence-corrected chi connectivity index (χ1v) is 11.8. The molecular weight excluding hydrogens is 472 g/mol. The lowest BCUT2D eigenvalue weighted by Crippen LogP contribution is -2.21. The maximum atomic E-state index is 12.6. The zero-order valence-electron chi connectivity index (χ0n) is 18.7. The molecular formula is C23H20N6O5S. The number of nitrogens with one attached hydrogen (secondary N) is 2. The lowest BCUT2D eigenvalue weighted by atomic mass is 10.3. The number of nitrogens with zero attached hydrogens (tertiary/aromatic N) is 4. The molecule has 0 aliphatic heterocycles. The van der Waals surface area contributed by atoms with Crippen LogP contribution in [0.1, 0.15) is 21.9 Å². The van der Waals surface area contributed by atoms with E-state index in [1.165, 1.54) is 30.5 Å². The van der Waals surface area contributed by atoms with Gasteiger partial charge in [-0.15, -0.1) is 0 Å². The summed E-state index contributed by atoms with van der Waals surface area (Å²) in [6.45, 7) is 2.91. The monoisotopic (exact) mass is 492 g/mol. The third kappa shape index (κ3) is 5.92. The van der Waals surface area contributed by atoms with E-state index in [2.05, 4.69) is 30.0 Å². The molecule has 2 N–H and O–H groups in total. The second-order valence-electron chi connectivity index (χ2n) is 7.47. The Balaban J connectivity index is 1.34. The average molecular weight is 493 g/mol. The summed E-state index contributed by atoms with van der Waals surface area (Å²) >= 11 is 0. The van der Waals surface area contributed by atoms with Gasteiger partial charge in [0.15, 0.2) is 12.3 Å². The number of carbonyl (C=O) groups excluding carboxylic acids is 2. The largest absolute Gasteiger partial charge is 0.451 e. The molecule has 0 aliphatic rings. The van der Waals surface area contributed by atoms with Gasteiger partial charge in [-0.3, -0.25) is 9.78 Å². The molecule has 0 saturated carbocycles. The summed E-state index contributed by atoms with van der Waals surface area (Å²) in [5.74, 6) is -1.43. The fourth-order valence-corrected chi connectivity index (χ4v) is 4.07. The highest BCUT2D eigenvalue weighted by atomic mass is 32.2. The minimum absolute atomic E-state index is 0.0219. The number of esters is 1. The van der Waals surface area contributed by atoms with Gasteiger partial charge in [0.25, 0.3) is 15.9 Å². The molecule has 11 nitrogen and oxygen atoms in total. The van der Waals surface area contributed by atoms with Crippen LogP contribution in [0.4, 0.5) is 11.6 Å². The summed E-state index contributed by atoms with van der Waals surface area (Å²) in [6, 6.07) is 14.2. The van der Waals surface area contributed by atoms with Gasteiger partial charge in [0.1, 0.15) is 0 Å². The van der Waals surface area contributed by atoms with Gasteiger partial charge < -0.3 is 10.1 Å². The lowest BCUT2D eigenvalue weighted by molar-refractivity contribution is -0.119. The fourth-order valence-electron chi connectivity index (χ4n) is 3.13. The topological polar surface area (TPSA) is 153 Å². The lowest BCUT2D eigenvalue weighted by Gasteiger charge is -2.10. The van der Waals surface area contributed by atoms with Crippen LogP contribution in [0.2, 0.25) is 0 Å². The summed E-state index contributed by atoms with van der Waals surface area (Å²) in [6.07, 6.45) is 1.28. The van der Waals surface area contributed by atoms with Crippen molar-refractivity contribution in [3.63, 3.8) is 0 Å². The first-order valence-electron chi connectivity index (χ1n) is 10.3. The minimum Gasteiger partial charge on any atom is -0.451 e. The number of hydrogen-bond acceptors (Lipinski definition) is 9. The van der Waals surface area contributed by atoms with Crippen molar-refractivity contribution in [2.75, 3.05) is 16.6 Å². The van der Waals surface area contributed by atoms with Gasteiger partial charge in [0.05, 0.1) is 22.1 Å². The van der Waals surface area contributed by atoms with Crippen LogP contribution < -0.4 is 10.0 Å². The Kier molecular flexibility index (Phi) is 6.64. The number of benzene rings is 2. The van der Waals surface area contributed by atoms with Crippen LogP contribution in [-0.2, 0) is 19.6 Å². The molecule has 4 rings (SSSR count). The van der Waals surface area contributed by atoms with Gasteiger partial charge in [-0.1, -0.05) is 12.1 Å². The zero-order chi connectivity index (χ0) is 25.0. The number of para-hydroxylation sites is 2. The molecule has 1 amide bonds. The molecule has 0 spiro atoms. The highest BCUT2D eigenvalue weighted by Gasteiger charge is 2.17. The number of aryl methyl sites for hydroxylation is 2. The Hall–Kier alpha value is -4.45. The Morgan fingerprint density at radius 2 is 1.57 bits per heavy atom. The first-order chi connectivity index (χ1) is 16.7. The van der Waals surface area contributed by atoms with Crippen LogP contribution in [0.15, 0.2) is 65.7 Å². The number of aromatic nitrogens is 4. The molecule has 0 saturated heterocycles. The van der Waals surface area contributed by atoms with Crippen molar-refractivity contribution in [2.45, 2.75) is 18.7 Å². The third-order valence-electron chi connectivity index (χ3n) is 4.65. The van der Waals surface area contributed by atoms with Gasteiger partial charge >= 0.3 is 5.97 Å². The Labute approximate surface area is 200 Å². The predicted octanol–water partition coefficient (Wildman–Crippen LogP) is 2.63. The summed E-state index contributed by atoms with van der Waals surface area (Å²) < 4.78 is 32.5. The Bertz CT molecular complexity index is 1500. The van der Waals surface area contributed by atoms with E-state index in [0.717, 1.165) is 0 Å². The number of ether oxygens (including phenoxy) is 1. The number of carbonyl (C=O) groups is 2. The highest BCUT2D eigenvalue weighted by molar-refractivity contribution is 7.92. The number of hydrogen-bond donors (Lipinski definition) is 2. The van der Waals surface area contributed by atoms with E-state index in [9.17, 15) is 18.0 Å². The van der Waals surface area contributed by atoms with E-state index < -0.39 is 28.5 Å². The van der Waals surface area contributed by atoms with Crippen LogP contribution in [-0.4, -0.2) is 46.8 Å². The van der Waals surface area contributed by atoms with E-state index in [-0.39, 0.29) is 16.5 Å². The van der Waals surface area contributed by atoms with Crippen molar-refractivity contribution in [3.8, 4) is 0 Å². The number of amides is 1. The van der Waals surface area contributed by atoms with Crippen LogP contribution in [0.5, 0.6) is 0 Å². The number of anilines is 2. The molecule has 0 unspecified atom stereocenters. The van der Waals surface area contributed by atoms with Gasteiger partial charge in [0.2, 0.25) is 5.95 Å². The molecule has 35 heavy (non-hydrogen) atoms. The number of rotatable bonds is 7. The molecule has 0 radical (unpaired) electrons. The van der Waals surface area contributed by atoms with Crippen molar-refractivity contribution in [1.82, 2.24) is 19.9 Å². The molecule has 0 atom stereocenters. The molecule has 0 bridgehead atoms. The summed E-state index contributed by atoms with van der Waals surface area (Å²) in [5, 5.41) is 2.53. The summed E-state index contributed by atoms with van der Waals surface area (Å²) in [4.78, 5) is 40.8. The first kappa shape index (κ1) is 23.7. The molecule has 178 valence electrons. The average Bonchev–Trinajstić information content (AvgIpc) is 2.81. The predicted molar refractivity (Wildman–Crippen MR) is 127 cm³/mol. The molecule has 4 aromatic rings. The van der Waals surface area contributed by atoms with Crippen molar-refractivity contribution in [3.05, 3.63) is 77.9 Å². The fraction of sp³-hybridized carbons (Fsp3) is 0.130. The maximum Gasteiger partial charge on any atom is 0.359 e. The smallest absolute Gasteiger partial charge is 0.359 e. The van der Waals surface area contributed by atoms with Crippen LogP contribution in [0.3, 0.4) is 0 Å². The van der Waals surface area contributed by atoms with Crippen molar-refractivity contribution in [2.24, 2.45) is 0 Å². The van der Waals surface area contributed by atoms with Gasteiger partial charge in [-0.25, -0.2) is 32.9 Å². The van der Waals surface area contributed by atoms with Crippen LogP contribution in [0.25, 0.3) is 11.0 Å². The van der Waals surface area contributed by atoms with Crippen molar-refractivity contribution < 1.29 is 22.7 Å². The SMILES string of the molecule is Cc1cc(C)nc(NS(=O)(=O)c2ccc(NC(=O)COC(=O)c3cnc4ccccc4n3)cc2)n1. The molecule has 12 heteroatoms. The quantitative estimate of drug-likeness (QED) is 0.371. The maximum absolute atomic E-state index is 12.6. The second-order valence-corrected chi connectivity index (χ2v) is 9.15. The molecule has 2 heterocycles. The van der Waals surface area contributed by atoms with Gasteiger partial charge in [-0.2, -0.15) is 0 Å². The molecule has 0 fully saturated rings. The van der Waals surface area contributed by atoms with Gasteiger partial charge in [-0.05, 0) is 56.3 Å². The number of sulfonamides is 1. The van der Waals surface area contributed by atoms with Crippen molar-refractivity contribution >= 4 is 44.6 Å². The summed E-state index contributed by atoms with van der Waals surface area (Å²) in [5.41, 5.74) is 2.71. The number of fused-ring (bicyclic) bond motifs is 1. The Morgan fingerprint density at radius 3 is 2.26 bits per heavy atom. The van der Waals surface area contributed by atoms with E-state index in [1.807, 2.05) is 0 Å². The van der Waals surface area contributed by atoms with E-state index in [1.54, 1.807) is 44.2 Å². The summed E-state index contributed by atoms with van der Waals surface area (Å²) in [7, 11) is -3.93.